The fourth-order valence-corrected chi connectivity index (χ4v) is 3.82. The van der Waals surface area contributed by atoms with Crippen molar-refractivity contribution in [1.29, 1.82) is 0 Å². The van der Waals surface area contributed by atoms with Gasteiger partial charge < -0.3 is 19.5 Å². The highest BCUT2D eigenvalue weighted by Gasteiger charge is 2.26. The summed E-state index contributed by atoms with van der Waals surface area (Å²) in [6.07, 6.45) is 10.6. The minimum absolute atomic E-state index is 0.0454. The maximum absolute atomic E-state index is 9.64. The Kier molecular flexibility index (Phi) is 4.68. The summed E-state index contributed by atoms with van der Waals surface area (Å²) in [6.45, 7) is -0.296. The van der Waals surface area contributed by atoms with Crippen molar-refractivity contribution in [2.24, 2.45) is 0 Å². The molecule has 134 valence electrons. The van der Waals surface area contributed by atoms with E-state index in [1.165, 1.54) is 10.9 Å². The molecule has 2 aromatic rings. The first kappa shape index (κ1) is 17.7. The van der Waals surface area contributed by atoms with Gasteiger partial charge in [0.15, 0.2) is 0 Å². The molecule has 2 N–H and O–H groups in total. The first-order valence-corrected chi connectivity index (χ1v) is 8.91. The summed E-state index contributed by atoms with van der Waals surface area (Å²) in [5, 5.41) is 21.1. The lowest BCUT2D eigenvalue weighted by Crippen LogP contribution is -2.22. The average Bonchev–Trinajstić information content (AvgIpc) is 3.25. The van der Waals surface area contributed by atoms with E-state index in [1.807, 2.05) is 42.5 Å². The lowest BCUT2D eigenvalue weighted by molar-refractivity contribution is 0.287. The Morgan fingerprint density at radius 1 is 1.07 bits per heavy atom. The van der Waals surface area contributed by atoms with Crippen molar-refractivity contribution in [2.75, 3.05) is 14.2 Å². The first-order chi connectivity index (χ1) is 13.2. The molecular weight excluding hydrogens is 338 g/mol. The van der Waals surface area contributed by atoms with Crippen LogP contribution in [0.5, 0.6) is 5.75 Å². The van der Waals surface area contributed by atoms with Crippen LogP contribution >= 0.6 is 0 Å². The molecular formula is C21H20B2O4. The zero-order valence-corrected chi connectivity index (χ0v) is 15.4. The van der Waals surface area contributed by atoms with Crippen LogP contribution in [-0.4, -0.2) is 38.7 Å². The number of allylic oxidation sites excluding steroid dienone is 7. The summed E-state index contributed by atoms with van der Waals surface area (Å²) in [4.78, 5) is 0. The van der Waals surface area contributed by atoms with Crippen molar-refractivity contribution in [2.45, 2.75) is 6.42 Å². The van der Waals surface area contributed by atoms with Crippen molar-refractivity contribution < 1.29 is 19.5 Å². The van der Waals surface area contributed by atoms with Gasteiger partial charge in [-0.25, -0.2) is 0 Å². The van der Waals surface area contributed by atoms with Crippen molar-refractivity contribution in [1.82, 2.24) is 0 Å². The Morgan fingerprint density at radius 2 is 1.81 bits per heavy atom. The molecule has 5 rings (SSSR count). The Morgan fingerprint density at radius 3 is 2.33 bits per heavy atom. The molecule has 2 heterocycles. The van der Waals surface area contributed by atoms with E-state index in [-0.39, 0.29) is 14.4 Å². The summed E-state index contributed by atoms with van der Waals surface area (Å²) in [7, 11) is 3.26. The van der Waals surface area contributed by atoms with Crippen LogP contribution in [0.3, 0.4) is 0 Å². The maximum atomic E-state index is 9.64. The van der Waals surface area contributed by atoms with Crippen LogP contribution in [0.15, 0.2) is 65.3 Å². The van der Waals surface area contributed by atoms with Gasteiger partial charge in [-0.15, -0.1) is 0 Å². The van der Waals surface area contributed by atoms with Gasteiger partial charge in [-0.1, -0.05) is 42.5 Å². The molecule has 2 aliphatic heterocycles. The summed E-state index contributed by atoms with van der Waals surface area (Å²) in [5.41, 5.74) is 5.11. The van der Waals surface area contributed by atoms with E-state index in [4.69, 9.17) is 14.5 Å². The highest BCUT2D eigenvalue weighted by Crippen LogP contribution is 2.33. The largest absolute Gasteiger partial charge is 0.501 e. The van der Waals surface area contributed by atoms with Gasteiger partial charge in [0, 0.05) is 6.42 Å². The topological polar surface area (TPSA) is 58.9 Å². The molecule has 0 saturated heterocycles. The predicted octanol–water partition coefficient (Wildman–Crippen LogP) is 1.85. The molecule has 2 aromatic carbocycles. The van der Waals surface area contributed by atoms with Crippen molar-refractivity contribution in [3.63, 3.8) is 0 Å². The van der Waals surface area contributed by atoms with E-state index >= 15 is 0 Å². The minimum atomic E-state index is -0.296. The van der Waals surface area contributed by atoms with E-state index in [2.05, 4.69) is 12.1 Å². The van der Waals surface area contributed by atoms with Gasteiger partial charge >= 0.3 is 14.4 Å². The van der Waals surface area contributed by atoms with Gasteiger partial charge in [-0.3, -0.25) is 0 Å². The van der Waals surface area contributed by atoms with Crippen LogP contribution < -0.4 is 10.2 Å². The van der Waals surface area contributed by atoms with Crippen LogP contribution in [0.2, 0.25) is 0 Å². The Balaban J connectivity index is 0.000000186. The maximum Gasteiger partial charge on any atom is 0.358 e. The van der Waals surface area contributed by atoms with E-state index in [9.17, 15) is 5.02 Å². The third kappa shape index (κ3) is 3.01. The molecule has 0 saturated carbocycles. The lowest BCUT2D eigenvalue weighted by atomic mass is 9.62. The van der Waals surface area contributed by atoms with Gasteiger partial charge in [-0.05, 0) is 50.4 Å². The average molecular weight is 358 g/mol. The Hall–Kier alpha value is -2.69. The Labute approximate surface area is 159 Å². The molecule has 3 aliphatic rings. The van der Waals surface area contributed by atoms with Gasteiger partial charge in [0.25, 0.3) is 0 Å². The Bertz CT molecular complexity index is 1010. The molecule has 0 atom stereocenters. The highest BCUT2D eigenvalue weighted by molar-refractivity contribution is 6.71. The zero-order valence-electron chi connectivity index (χ0n) is 15.4. The minimum Gasteiger partial charge on any atom is -0.501 e. The molecule has 0 amide bonds. The fourth-order valence-electron chi connectivity index (χ4n) is 3.82. The van der Waals surface area contributed by atoms with E-state index in [0.717, 1.165) is 45.3 Å². The molecule has 6 heteroatoms. The van der Waals surface area contributed by atoms with Crippen LogP contribution in [0.25, 0.3) is 16.8 Å². The third-order valence-corrected chi connectivity index (χ3v) is 5.24. The molecule has 0 spiro atoms. The monoisotopic (exact) mass is 358 g/mol. The highest BCUT2D eigenvalue weighted by atomic mass is 16.5. The lowest BCUT2D eigenvalue weighted by Gasteiger charge is -2.21. The van der Waals surface area contributed by atoms with Crippen LogP contribution in [0.1, 0.15) is 11.1 Å². The third-order valence-electron chi connectivity index (χ3n) is 5.24. The molecule has 27 heavy (non-hydrogen) atoms. The summed E-state index contributed by atoms with van der Waals surface area (Å²) in [6, 6.07) is 8.20. The fraction of sp³-hybridized carbons (Fsp3) is 0.143. The summed E-state index contributed by atoms with van der Waals surface area (Å²) in [5.74, 6) is 1.62. The van der Waals surface area contributed by atoms with Gasteiger partial charge in [0.1, 0.15) is 11.5 Å². The molecule has 0 radical (unpaired) electrons. The predicted molar refractivity (Wildman–Crippen MR) is 111 cm³/mol. The summed E-state index contributed by atoms with van der Waals surface area (Å²) < 4.78 is 10.8. The second-order valence-corrected chi connectivity index (χ2v) is 6.71. The van der Waals surface area contributed by atoms with Crippen molar-refractivity contribution in [3.05, 3.63) is 76.4 Å². The number of hydrogen-bond donors (Lipinski definition) is 2. The molecule has 4 nitrogen and oxygen atoms in total. The number of benzene rings is 2. The zero-order chi connectivity index (χ0) is 19.0. The second-order valence-electron chi connectivity index (χ2n) is 6.71. The standard InChI is InChI=1S/C15H15BO3.C6H5BO/c1-18-11-6-9-4-3-5-10-7-13(19-2)15(16-17)12(8-11)14(9)10;8-7-5-1-2-6(7)4-3-5/h3-5,7-8,16-17H,6H2,1-2H3;1-4,8H. The number of methoxy groups -OCH3 is 2. The molecule has 0 unspecified atom stereocenters. The number of ether oxygens (including phenoxy) is 2. The second kappa shape index (κ2) is 7.14. The quantitative estimate of drug-likeness (QED) is 0.823. The van der Waals surface area contributed by atoms with Crippen LogP contribution in [0.4, 0.5) is 0 Å². The molecule has 2 bridgehead atoms. The molecule has 1 aliphatic carbocycles. The van der Waals surface area contributed by atoms with E-state index < -0.39 is 0 Å². The summed E-state index contributed by atoms with van der Waals surface area (Å²) >= 11 is 0. The number of fused-ring (bicyclic) bond motifs is 2. The first-order valence-electron chi connectivity index (χ1n) is 8.91. The van der Waals surface area contributed by atoms with Crippen LogP contribution in [0, 0.1) is 0 Å². The van der Waals surface area contributed by atoms with Gasteiger partial charge in [-0.2, -0.15) is 0 Å². The molecule has 0 aromatic heterocycles. The van der Waals surface area contributed by atoms with Crippen molar-refractivity contribution in [3.8, 4) is 5.75 Å². The van der Waals surface area contributed by atoms with Gasteiger partial charge in [0.2, 0.25) is 0 Å². The smallest absolute Gasteiger partial charge is 0.358 e. The van der Waals surface area contributed by atoms with Gasteiger partial charge in [0.05, 0.1) is 14.2 Å². The van der Waals surface area contributed by atoms with Crippen molar-refractivity contribution >= 4 is 36.7 Å². The number of hydrogen-bond acceptors (Lipinski definition) is 4. The normalized spacial score (nSPS) is 15.7. The van der Waals surface area contributed by atoms with Crippen LogP contribution in [-0.2, 0) is 11.2 Å². The SMILES string of the molecule is COC1=Cc2c(BO)c(OC)cc3cccc(c23)C1.OB1C2=CC=C1C=C2. The van der Waals surface area contributed by atoms with E-state index in [1.54, 1.807) is 14.2 Å². The molecule has 0 fully saturated rings. The number of rotatable bonds is 3. The van der Waals surface area contributed by atoms with E-state index in [0.29, 0.717) is 0 Å².